The maximum absolute atomic E-state index is 12.3. The van der Waals surface area contributed by atoms with Gasteiger partial charge in [-0.05, 0) is 63.4 Å². The molecule has 1 aliphatic carbocycles. The molecule has 2 N–H and O–H groups in total. The molecule has 0 radical (unpaired) electrons. The number of anilines is 1. The van der Waals surface area contributed by atoms with Crippen LogP contribution in [0.1, 0.15) is 36.7 Å². The van der Waals surface area contributed by atoms with Crippen molar-refractivity contribution < 1.29 is 9.53 Å². The minimum atomic E-state index is -0.156. The van der Waals surface area contributed by atoms with Crippen LogP contribution >= 0.6 is 0 Å². The number of fused-ring (bicyclic) bond motifs is 1. The minimum Gasteiger partial charge on any atom is -0.490 e. The highest BCUT2D eigenvalue weighted by Gasteiger charge is 2.43. The van der Waals surface area contributed by atoms with E-state index in [9.17, 15) is 4.79 Å². The largest absolute Gasteiger partial charge is 0.490 e. The van der Waals surface area contributed by atoms with Gasteiger partial charge in [0.1, 0.15) is 11.9 Å². The van der Waals surface area contributed by atoms with Crippen LogP contribution in [0.25, 0.3) is 0 Å². The van der Waals surface area contributed by atoms with Crippen molar-refractivity contribution in [3.8, 4) is 5.75 Å². The summed E-state index contributed by atoms with van der Waals surface area (Å²) in [6.45, 7) is 7.67. The number of carbonyl (C=O) groups is 1. The monoisotopic (exact) mass is 354 g/mol. The molecule has 6 nitrogen and oxygen atoms in total. The maximum Gasteiger partial charge on any atom is 0.319 e. The van der Waals surface area contributed by atoms with Gasteiger partial charge in [-0.3, -0.25) is 4.68 Å². The third-order valence-corrected chi connectivity index (χ3v) is 5.32. The van der Waals surface area contributed by atoms with Crippen LogP contribution in [0.15, 0.2) is 24.3 Å². The molecule has 0 spiro atoms. The number of nitrogens with one attached hydrogen (secondary N) is 2. The zero-order chi connectivity index (χ0) is 18.3. The summed E-state index contributed by atoms with van der Waals surface area (Å²) >= 11 is 0. The van der Waals surface area contributed by atoms with Crippen molar-refractivity contribution >= 4 is 11.7 Å². The third kappa shape index (κ3) is 3.54. The number of amides is 2. The number of hydrogen-bond acceptors (Lipinski definition) is 3. The molecule has 26 heavy (non-hydrogen) atoms. The molecular weight excluding hydrogens is 328 g/mol. The molecule has 0 saturated heterocycles. The Balaban J connectivity index is 1.32. The standard InChI is InChI=1S/C20H26N4O2/c1-13-8-14(2)24(23-13)12-20(6-7-20)11-21-19(25)22-17-4-5-18-16(10-17)9-15(3)26-18/h4-5,8,10,15H,6-7,9,11-12H2,1-3H3,(H2,21,22,25)/t15-/m1/s1. The van der Waals surface area contributed by atoms with Crippen LogP contribution in [0.4, 0.5) is 10.5 Å². The Morgan fingerprint density at radius 2 is 2.15 bits per heavy atom. The second-order valence-corrected chi connectivity index (χ2v) is 7.85. The first-order valence-electron chi connectivity index (χ1n) is 9.28. The molecule has 1 aromatic carbocycles. The molecule has 0 unspecified atom stereocenters. The number of benzene rings is 1. The van der Waals surface area contributed by atoms with Crippen LogP contribution in [0.3, 0.4) is 0 Å². The Morgan fingerprint density at radius 1 is 1.35 bits per heavy atom. The molecule has 6 heteroatoms. The van der Waals surface area contributed by atoms with E-state index < -0.39 is 0 Å². The SMILES string of the molecule is Cc1cc(C)n(CC2(CNC(=O)Nc3ccc4c(c3)C[C@@H](C)O4)CC2)n1. The number of nitrogens with zero attached hydrogens (tertiary/aromatic N) is 2. The topological polar surface area (TPSA) is 68.2 Å². The van der Waals surface area contributed by atoms with Gasteiger partial charge in [0, 0.05) is 36.3 Å². The van der Waals surface area contributed by atoms with E-state index >= 15 is 0 Å². The van der Waals surface area contributed by atoms with E-state index in [0.29, 0.717) is 6.54 Å². The fourth-order valence-corrected chi connectivity index (χ4v) is 3.66. The molecule has 2 aromatic rings. The van der Waals surface area contributed by atoms with Gasteiger partial charge in [0.25, 0.3) is 0 Å². The fourth-order valence-electron chi connectivity index (χ4n) is 3.66. The van der Waals surface area contributed by atoms with E-state index in [1.807, 2.05) is 25.1 Å². The number of aryl methyl sites for hydroxylation is 2. The van der Waals surface area contributed by atoms with Gasteiger partial charge in [-0.2, -0.15) is 5.10 Å². The lowest BCUT2D eigenvalue weighted by atomic mass is 10.1. The molecule has 1 aliphatic heterocycles. The van der Waals surface area contributed by atoms with Gasteiger partial charge < -0.3 is 15.4 Å². The summed E-state index contributed by atoms with van der Waals surface area (Å²) in [7, 11) is 0. The van der Waals surface area contributed by atoms with Crippen LogP contribution in [0.2, 0.25) is 0 Å². The quantitative estimate of drug-likeness (QED) is 0.864. The number of urea groups is 1. The molecule has 4 rings (SSSR count). The van der Waals surface area contributed by atoms with Gasteiger partial charge >= 0.3 is 6.03 Å². The average Bonchev–Trinajstić information content (AvgIpc) is 3.13. The van der Waals surface area contributed by atoms with E-state index in [0.717, 1.165) is 48.5 Å². The van der Waals surface area contributed by atoms with Crippen molar-refractivity contribution in [1.82, 2.24) is 15.1 Å². The average molecular weight is 354 g/mol. The number of hydrogen-bond donors (Lipinski definition) is 2. The minimum absolute atomic E-state index is 0.141. The maximum atomic E-state index is 12.3. The second kappa shape index (κ2) is 6.34. The Morgan fingerprint density at radius 3 is 2.85 bits per heavy atom. The molecule has 138 valence electrons. The van der Waals surface area contributed by atoms with Gasteiger partial charge in [-0.1, -0.05) is 0 Å². The van der Waals surface area contributed by atoms with Gasteiger partial charge in [0.15, 0.2) is 0 Å². The molecular formula is C20H26N4O2. The predicted octanol–water partition coefficient (Wildman–Crippen LogP) is 3.43. The van der Waals surface area contributed by atoms with Crippen molar-refractivity contribution in [2.24, 2.45) is 5.41 Å². The Bertz CT molecular complexity index is 838. The van der Waals surface area contributed by atoms with E-state index in [1.54, 1.807) is 0 Å². The first-order chi connectivity index (χ1) is 12.4. The zero-order valence-corrected chi connectivity index (χ0v) is 15.6. The van der Waals surface area contributed by atoms with E-state index in [1.165, 1.54) is 5.69 Å². The molecule has 1 fully saturated rings. The summed E-state index contributed by atoms with van der Waals surface area (Å²) in [5.74, 6) is 0.922. The van der Waals surface area contributed by atoms with Gasteiger partial charge in [0.2, 0.25) is 0 Å². The molecule has 1 saturated carbocycles. The summed E-state index contributed by atoms with van der Waals surface area (Å²) in [6.07, 6.45) is 3.34. The van der Waals surface area contributed by atoms with E-state index in [4.69, 9.17) is 4.74 Å². The van der Waals surface area contributed by atoms with Gasteiger partial charge in [0.05, 0.1) is 5.69 Å². The Labute approximate surface area is 153 Å². The predicted molar refractivity (Wildman–Crippen MR) is 101 cm³/mol. The normalized spacial score (nSPS) is 19.6. The van der Waals surface area contributed by atoms with E-state index in [2.05, 4.69) is 40.3 Å². The van der Waals surface area contributed by atoms with Gasteiger partial charge in [-0.15, -0.1) is 0 Å². The highest BCUT2D eigenvalue weighted by molar-refractivity contribution is 5.89. The highest BCUT2D eigenvalue weighted by atomic mass is 16.5. The lowest BCUT2D eigenvalue weighted by Gasteiger charge is -2.17. The molecule has 2 aliphatic rings. The molecule has 1 atom stereocenters. The fraction of sp³-hybridized carbons (Fsp3) is 0.500. The number of aromatic nitrogens is 2. The van der Waals surface area contributed by atoms with E-state index in [-0.39, 0.29) is 17.6 Å². The van der Waals surface area contributed by atoms with Crippen LogP contribution in [0.5, 0.6) is 5.75 Å². The first kappa shape index (κ1) is 16.9. The third-order valence-electron chi connectivity index (χ3n) is 5.32. The van der Waals surface area contributed by atoms with Crippen molar-refractivity contribution in [1.29, 1.82) is 0 Å². The molecule has 0 bridgehead atoms. The molecule has 1 aromatic heterocycles. The lowest BCUT2D eigenvalue weighted by molar-refractivity contribution is 0.247. The van der Waals surface area contributed by atoms with Crippen LogP contribution in [-0.4, -0.2) is 28.5 Å². The summed E-state index contributed by atoms with van der Waals surface area (Å²) < 4.78 is 7.76. The highest BCUT2D eigenvalue weighted by Crippen LogP contribution is 2.46. The number of carbonyl (C=O) groups excluding carboxylic acids is 1. The number of ether oxygens (including phenoxy) is 1. The summed E-state index contributed by atoms with van der Waals surface area (Å²) in [6, 6.07) is 7.76. The first-order valence-corrected chi connectivity index (χ1v) is 9.28. The number of rotatable bonds is 5. The van der Waals surface area contributed by atoms with Crippen molar-refractivity contribution in [3.05, 3.63) is 41.2 Å². The zero-order valence-electron chi connectivity index (χ0n) is 15.6. The smallest absolute Gasteiger partial charge is 0.319 e. The summed E-state index contributed by atoms with van der Waals surface area (Å²) in [5.41, 5.74) is 4.31. The summed E-state index contributed by atoms with van der Waals surface area (Å²) in [4.78, 5) is 12.3. The van der Waals surface area contributed by atoms with Crippen LogP contribution in [-0.2, 0) is 13.0 Å². The van der Waals surface area contributed by atoms with Crippen molar-refractivity contribution in [2.45, 2.75) is 52.7 Å². The lowest BCUT2D eigenvalue weighted by Crippen LogP contribution is -2.35. The van der Waals surface area contributed by atoms with Gasteiger partial charge in [-0.25, -0.2) is 4.79 Å². The van der Waals surface area contributed by atoms with Crippen molar-refractivity contribution in [2.75, 3.05) is 11.9 Å². The van der Waals surface area contributed by atoms with Crippen LogP contribution < -0.4 is 15.4 Å². The Hall–Kier alpha value is -2.50. The Kier molecular flexibility index (Phi) is 4.13. The van der Waals surface area contributed by atoms with Crippen LogP contribution in [0, 0.1) is 19.3 Å². The summed E-state index contributed by atoms with van der Waals surface area (Å²) in [5, 5.41) is 10.5. The van der Waals surface area contributed by atoms with Crippen molar-refractivity contribution in [3.63, 3.8) is 0 Å². The second-order valence-electron chi connectivity index (χ2n) is 7.85. The molecule has 2 amide bonds. The molecule has 2 heterocycles.